The lowest BCUT2D eigenvalue weighted by Gasteiger charge is -2.19. The van der Waals surface area contributed by atoms with Crippen LogP contribution >= 0.6 is 35.3 Å². The summed E-state index contributed by atoms with van der Waals surface area (Å²) in [6, 6.07) is 8.15. The van der Waals surface area contributed by atoms with Crippen LogP contribution in [0.15, 0.2) is 35.5 Å². The number of nitrogens with one attached hydrogen (secondary N) is 2. The normalized spacial score (nSPS) is 11.3. The molecule has 0 atom stereocenters. The Morgan fingerprint density at radius 1 is 1.14 bits per heavy atom. The number of para-hydroxylation sites is 1. The number of aliphatic imine (C=N–C) groups is 1. The predicted octanol–water partition coefficient (Wildman–Crippen LogP) is 3.91. The van der Waals surface area contributed by atoms with Crippen molar-refractivity contribution >= 4 is 41.3 Å². The molecule has 0 bridgehead atoms. The zero-order chi connectivity index (χ0) is 20.2. The number of hydrogen-bond acceptors (Lipinski definition) is 5. The number of nitrogens with zero attached hydrogens (tertiary/aromatic N) is 3. The minimum absolute atomic E-state index is 0. The molecule has 0 radical (unpaired) electrons. The van der Waals surface area contributed by atoms with Gasteiger partial charge in [-0.05, 0) is 25.6 Å². The molecule has 1 aromatic carbocycles. The molecule has 2 aromatic rings. The van der Waals surface area contributed by atoms with Crippen LogP contribution in [0.25, 0.3) is 0 Å². The Balaban J connectivity index is 0.00000420. The van der Waals surface area contributed by atoms with Gasteiger partial charge in [-0.3, -0.25) is 4.99 Å². The van der Waals surface area contributed by atoms with Crippen molar-refractivity contribution in [2.24, 2.45) is 4.99 Å². The van der Waals surface area contributed by atoms with Gasteiger partial charge in [0, 0.05) is 36.8 Å². The van der Waals surface area contributed by atoms with Gasteiger partial charge >= 0.3 is 0 Å². The number of benzene rings is 1. The molecule has 0 aliphatic heterocycles. The van der Waals surface area contributed by atoms with Crippen molar-refractivity contribution in [3.05, 3.63) is 45.9 Å². The Bertz CT molecular complexity index is 733. The van der Waals surface area contributed by atoms with E-state index >= 15 is 0 Å². The third-order valence-corrected chi connectivity index (χ3v) is 5.70. The first-order chi connectivity index (χ1) is 13.7. The topological polar surface area (TPSA) is 61.8 Å². The molecule has 0 saturated carbocycles. The Morgan fingerprint density at radius 3 is 2.52 bits per heavy atom. The van der Waals surface area contributed by atoms with Crippen LogP contribution < -0.4 is 15.4 Å². The number of ether oxygens (including phenoxy) is 1. The molecule has 0 aliphatic rings. The molecule has 0 amide bonds. The summed E-state index contributed by atoms with van der Waals surface area (Å²) in [6.07, 6.45) is 2.97. The van der Waals surface area contributed by atoms with Crippen molar-refractivity contribution in [2.75, 3.05) is 33.3 Å². The molecule has 0 aliphatic carbocycles. The van der Waals surface area contributed by atoms with Gasteiger partial charge in [-0.1, -0.05) is 39.0 Å². The standard InChI is InChI=1S/C21H33N5OS.HI/c1-5-18-15-23-20(28-18)16-25-21(22-4)24-14-17-10-8-9-11-19(17)27-13-12-26(6-2)7-3;/h8-11,15H,5-7,12-14,16H2,1-4H3,(H2,22,24,25);1H. The Morgan fingerprint density at radius 2 is 1.86 bits per heavy atom. The highest BCUT2D eigenvalue weighted by Crippen LogP contribution is 2.18. The lowest BCUT2D eigenvalue weighted by Crippen LogP contribution is -2.36. The SMILES string of the molecule is CCc1cnc(CNC(=NC)NCc2ccccc2OCCN(CC)CC)s1.I. The molecule has 1 aromatic heterocycles. The molecular formula is C21H34IN5OS. The minimum Gasteiger partial charge on any atom is -0.492 e. The molecule has 6 nitrogen and oxygen atoms in total. The molecule has 162 valence electrons. The van der Waals surface area contributed by atoms with Crippen molar-refractivity contribution in [1.82, 2.24) is 20.5 Å². The van der Waals surface area contributed by atoms with Crippen LogP contribution in [0.4, 0.5) is 0 Å². The van der Waals surface area contributed by atoms with E-state index in [0.717, 1.165) is 48.3 Å². The van der Waals surface area contributed by atoms with Crippen LogP contribution in [0.3, 0.4) is 0 Å². The highest BCUT2D eigenvalue weighted by Gasteiger charge is 2.07. The Hall–Kier alpha value is -1.39. The number of aromatic nitrogens is 1. The average Bonchev–Trinajstić information content (AvgIpc) is 3.20. The highest BCUT2D eigenvalue weighted by atomic mass is 127. The van der Waals surface area contributed by atoms with Crippen molar-refractivity contribution in [3.8, 4) is 5.75 Å². The second kappa shape index (κ2) is 14.6. The van der Waals surface area contributed by atoms with Gasteiger partial charge in [0.05, 0.1) is 6.54 Å². The maximum atomic E-state index is 6.03. The van der Waals surface area contributed by atoms with Crippen LogP contribution in [-0.2, 0) is 19.5 Å². The monoisotopic (exact) mass is 531 g/mol. The van der Waals surface area contributed by atoms with Crippen LogP contribution in [-0.4, -0.2) is 49.1 Å². The zero-order valence-electron chi connectivity index (χ0n) is 17.9. The molecule has 8 heteroatoms. The number of thiazole rings is 1. The molecule has 0 unspecified atom stereocenters. The number of halogens is 1. The molecule has 2 N–H and O–H groups in total. The summed E-state index contributed by atoms with van der Waals surface area (Å²) in [6.45, 7) is 11.5. The fourth-order valence-electron chi connectivity index (χ4n) is 2.77. The summed E-state index contributed by atoms with van der Waals surface area (Å²) >= 11 is 1.74. The van der Waals surface area contributed by atoms with Gasteiger partial charge in [0.2, 0.25) is 0 Å². The average molecular weight is 532 g/mol. The van der Waals surface area contributed by atoms with Crippen molar-refractivity contribution in [3.63, 3.8) is 0 Å². The fraction of sp³-hybridized carbons (Fsp3) is 0.524. The second-order valence-corrected chi connectivity index (χ2v) is 7.54. The van der Waals surface area contributed by atoms with Gasteiger partial charge in [-0.15, -0.1) is 35.3 Å². The lowest BCUT2D eigenvalue weighted by molar-refractivity contribution is 0.221. The number of hydrogen-bond donors (Lipinski definition) is 2. The van der Waals surface area contributed by atoms with Gasteiger partial charge in [0.1, 0.15) is 17.4 Å². The zero-order valence-corrected chi connectivity index (χ0v) is 21.0. The molecule has 29 heavy (non-hydrogen) atoms. The van der Waals surface area contributed by atoms with E-state index in [1.807, 2.05) is 24.4 Å². The van der Waals surface area contributed by atoms with E-state index < -0.39 is 0 Å². The molecular weight excluding hydrogens is 497 g/mol. The third-order valence-electron chi connectivity index (χ3n) is 4.56. The molecule has 0 fully saturated rings. The van der Waals surface area contributed by atoms with E-state index in [4.69, 9.17) is 4.74 Å². The highest BCUT2D eigenvalue weighted by molar-refractivity contribution is 14.0. The van der Waals surface area contributed by atoms with E-state index in [1.54, 1.807) is 18.4 Å². The van der Waals surface area contributed by atoms with Gasteiger partial charge in [-0.2, -0.15) is 0 Å². The van der Waals surface area contributed by atoms with Crippen LogP contribution in [0, 0.1) is 0 Å². The Kier molecular flexibility index (Phi) is 12.9. The number of rotatable bonds is 11. The Labute approximate surface area is 196 Å². The van der Waals surface area contributed by atoms with E-state index in [9.17, 15) is 0 Å². The first-order valence-electron chi connectivity index (χ1n) is 10.0. The number of aryl methyl sites for hydroxylation is 1. The van der Waals surface area contributed by atoms with Crippen molar-refractivity contribution in [2.45, 2.75) is 40.3 Å². The lowest BCUT2D eigenvalue weighted by atomic mass is 10.2. The summed E-state index contributed by atoms with van der Waals surface area (Å²) < 4.78 is 6.03. The summed E-state index contributed by atoms with van der Waals surface area (Å²) in [5.74, 6) is 1.68. The van der Waals surface area contributed by atoms with E-state index in [1.165, 1.54) is 4.88 Å². The summed E-state index contributed by atoms with van der Waals surface area (Å²) in [5, 5.41) is 7.76. The maximum Gasteiger partial charge on any atom is 0.191 e. The maximum absolute atomic E-state index is 6.03. The van der Waals surface area contributed by atoms with Gasteiger partial charge in [0.15, 0.2) is 5.96 Å². The van der Waals surface area contributed by atoms with Gasteiger partial charge < -0.3 is 20.3 Å². The first kappa shape index (κ1) is 25.6. The van der Waals surface area contributed by atoms with Crippen LogP contribution in [0.5, 0.6) is 5.75 Å². The van der Waals surface area contributed by atoms with Crippen LogP contribution in [0.2, 0.25) is 0 Å². The summed E-state index contributed by atoms with van der Waals surface area (Å²) in [5.41, 5.74) is 1.12. The first-order valence-corrected chi connectivity index (χ1v) is 10.8. The largest absolute Gasteiger partial charge is 0.492 e. The summed E-state index contributed by atoms with van der Waals surface area (Å²) in [4.78, 5) is 12.4. The predicted molar refractivity (Wildman–Crippen MR) is 134 cm³/mol. The minimum atomic E-state index is 0. The smallest absolute Gasteiger partial charge is 0.191 e. The fourth-order valence-corrected chi connectivity index (χ4v) is 3.57. The molecule has 2 rings (SSSR count). The van der Waals surface area contributed by atoms with Gasteiger partial charge in [0.25, 0.3) is 0 Å². The quantitative estimate of drug-likeness (QED) is 0.262. The van der Waals surface area contributed by atoms with Crippen molar-refractivity contribution in [1.29, 1.82) is 0 Å². The molecule has 0 spiro atoms. The number of likely N-dealkylation sites (N-methyl/N-ethyl adjacent to an activating group) is 1. The number of guanidine groups is 1. The van der Waals surface area contributed by atoms with E-state index in [0.29, 0.717) is 19.7 Å². The molecule has 0 saturated heterocycles. The van der Waals surface area contributed by atoms with E-state index in [2.05, 4.69) is 52.3 Å². The van der Waals surface area contributed by atoms with Crippen molar-refractivity contribution < 1.29 is 4.74 Å². The second-order valence-electron chi connectivity index (χ2n) is 6.34. The summed E-state index contributed by atoms with van der Waals surface area (Å²) in [7, 11) is 1.78. The van der Waals surface area contributed by atoms with Crippen LogP contribution in [0.1, 0.15) is 36.2 Å². The molecule has 1 heterocycles. The van der Waals surface area contributed by atoms with E-state index in [-0.39, 0.29) is 24.0 Å². The van der Waals surface area contributed by atoms with Gasteiger partial charge in [-0.25, -0.2) is 4.98 Å². The third kappa shape index (κ3) is 8.88.